The maximum atomic E-state index is 11.8. The van der Waals surface area contributed by atoms with Crippen molar-refractivity contribution < 1.29 is 4.79 Å². The van der Waals surface area contributed by atoms with Gasteiger partial charge in [-0.05, 0) is 31.4 Å². The van der Waals surface area contributed by atoms with E-state index in [1.54, 1.807) is 22.3 Å². The van der Waals surface area contributed by atoms with Crippen LogP contribution in [-0.2, 0) is 4.79 Å². The minimum absolute atomic E-state index is 0.0406. The summed E-state index contributed by atoms with van der Waals surface area (Å²) >= 11 is 1.62. The van der Waals surface area contributed by atoms with Gasteiger partial charge in [0.05, 0.1) is 0 Å². The minimum atomic E-state index is 0.0406. The third-order valence-electron chi connectivity index (χ3n) is 2.09. The quantitative estimate of drug-likeness (QED) is 0.567. The number of amides is 1. The molecule has 3 heteroatoms. The highest BCUT2D eigenvalue weighted by molar-refractivity contribution is 7.10. The first-order valence-electron chi connectivity index (χ1n) is 5.28. The maximum Gasteiger partial charge on any atom is 0.246 e. The Hall–Kier alpha value is -1.35. The lowest BCUT2D eigenvalue weighted by molar-refractivity contribution is -0.125. The summed E-state index contributed by atoms with van der Waals surface area (Å²) in [6.07, 6.45) is 3.48. The van der Waals surface area contributed by atoms with E-state index in [9.17, 15) is 4.79 Å². The summed E-state index contributed by atoms with van der Waals surface area (Å²) in [5.74, 6) is 0.0406. The third-order valence-corrected chi connectivity index (χ3v) is 2.93. The average Bonchev–Trinajstić information content (AvgIpc) is 2.75. The van der Waals surface area contributed by atoms with E-state index in [0.29, 0.717) is 13.1 Å². The highest BCUT2D eigenvalue weighted by Crippen LogP contribution is 2.10. The molecule has 0 aliphatic carbocycles. The number of nitrogens with zero attached hydrogens (tertiary/aromatic N) is 1. The van der Waals surface area contributed by atoms with E-state index in [0.717, 1.165) is 10.5 Å². The zero-order valence-electron chi connectivity index (χ0n) is 9.77. The second-order valence-corrected chi connectivity index (χ2v) is 4.64. The van der Waals surface area contributed by atoms with Crippen LogP contribution in [0.5, 0.6) is 0 Å². The Morgan fingerprint density at radius 1 is 1.62 bits per heavy atom. The van der Waals surface area contributed by atoms with Crippen molar-refractivity contribution in [3.8, 4) is 0 Å². The summed E-state index contributed by atoms with van der Waals surface area (Å²) in [6, 6.07) is 3.96. The number of hydrogen-bond donors (Lipinski definition) is 0. The van der Waals surface area contributed by atoms with Gasteiger partial charge in [0.2, 0.25) is 5.91 Å². The van der Waals surface area contributed by atoms with Gasteiger partial charge in [0, 0.05) is 24.0 Å². The Labute approximate surface area is 101 Å². The maximum absolute atomic E-state index is 11.8. The first-order chi connectivity index (χ1) is 7.63. The van der Waals surface area contributed by atoms with Crippen LogP contribution in [0.2, 0.25) is 0 Å². The molecule has 1 rings (SSSR count). The molecule has 0 N–H and O–H groups in total. The average molecular weight is 235 g/mol. The molecule has 1 aromatic heterocycles. The monoisotopic (exact) mass is 235 g/mol. The van der Waals surface area contributed by atoms with Crippen molar-refractivity contribution in [2.45, 2.75) is 13.8 Å². The predicted octanol–water partition coefficient (Wildman–Crippen LogP) is 3.19. The molecule has 0 unspecified atom stereocenters. The molecule has 16 heavy (non-hydrogen) atoms. The molecular weight excluding hydrogens is 218 g/mol. The van der Waals surface area contributed by atoms with Crippen LogP contribution in [0.3, 0.4) is 0 Å². The molecule has 1 heterocycles. The molecule has 86 valence electrons. The van der Waals surface area contributed by atoms with Crippen molar-refractivity contribution in [3.63, 3.8) is 0 Å². The third kappa shape index (κ3) is 4.03. The van der Waals surface area contributed by atoms with E-state index in [2.05, 4.69) is 6.58 Å². The van der Waals surface area contributed by atoms with Gasteiger partial charge in [-0.25, -0.2) is 0 Å². The first-order valence-corrected chi connectivity index (χ1v) is 6.16. The first kappa shape index (κ1) is 12.7. The summed E-state index contributed by atoms with van der Waals surface area (Å²) in [7, 11) is 0. The SMILES string of the molecule is C=C(C)CN(CC)C(=O)/C=C/c1cccs1. The molecule has 2 nitrogen and oxygen atoms in total. The zero-order valence-corrected chi connectivity index (χ0v) is 10.6. The van der Waals surface area contributed by atoms with Gasteiger partial charge < -0.3 is 4.90 Å². The molecule has 0 atom stereocenters. The highest BCUT2D eigenvalue weighted by Gasteiger charge is 2.07. The molecule has 1 amide bonds. The highest BCUT2D eigenvalue weighted by atomic mass is 32.1. The lowest BCUT2D eigenvalue weighted by Crippen LogP contribution is -2.30. The molecule has 0 fully saturated rings. The predicted molar refractivity (Wildman–Crippen MR) is 70.4 cm³/mol. The normalized spacial score (nSPS) is 10.6. The van der Waals surface area contributed by atoms with E-state index in [1.807, 2.05) is 37.4 Å². The molecule has 0 saturated heterocycles. The number of rotatable bonds is 5. The van der Waals surface area contributed by atoms with Crippen LogP contribution in [0.1, 0.15) is 18.7 Å². The molecule has 0 radical (unpaired) electrons. The van der Waals surface area contributed by atoms with E-state index < -0.39 is 0 Å². The summed E-state index contributed by atoms with van der Waals surface area (Å²) in [5, 5.41) is 2.00. The Bertz CT molecular complexity index is 379. The number of carbonyl (C=O) groups excluding carboxylic acids is 1. The number of hydrogen-bond acceptors (Lipinski definition) is 2. The molecule has 0 aliphatic heterocycles. The van der Waals surface area contributed by atoms with Gasteiger partial charge >= 0.3 is 0 Å². The lowest BCUT2D eigenvalue weighted by Gasteiger charge is -2.18. The van der Waals surface area contributed by atoms with Crippen LogP contribution in [0, 0.1) is 0 Å². The summed E-state index contributed by atoms with van der Waals surface area (Å²) < 4.78 is 0. The number of carbonyl (C=O) groups is 1. The van der Waals surface area contributed by atoms with Gasteiger partial charge in [0.1, 0.15) is 0 Å². The van der Waals surface area contributed by atoms with E-state index >= 15 is 0 Å². The molecule has 0 spiro atoms. The standard InChI is InChI=1S/C13H17NOS/c1-4-14(10-11(2)3)13(15)8-7-12-6-5-9-16-12/h5-9H,2,4,10H2,1,3H3/b8-7+. The van der Waals surface area contributed by atoms with Crippen molar-refractivity contribution in [2.75, 3.05) is 13.1 Å². The fraction of sp³-hybridized carbons (Fsp3) is 0.308. The van der Waals surface area contributed by atoms with Crippen molar-refractivity contribution in [2.24, 2.45) is 0 Å². The Morgan fingerprint density at radius 2 is 2.38 bits per heavy atom. The molecule has 0 aliphatic rings. The van der Waals surface area contributed by atoms with Crippen molar-refractivity contribution in [1.82, 2.24) is 4.90 Å². The number of likely N-dealkylation sites (N-methyl/N-ethyl adjacent to an activating group) is 1. The Morgan fingerprint density at radius 3 is 2.88 bits per heavy atom. The van der Waals surface area contributed by atoms with Crippen LogP contribution >= 0.6 is 11.3 Å². The van der Waals surface area contributed by atoms with Crippen LogP contribution in [0.15, 0.2) is 35.7 Å². The van der Waals surface area contributed by atoms with Crippen LogP contribution < -0.4 is 0 Å². The largest absolute Gasteiger partial charge is 0.335 e. The lowest BCUT2D eigenvalue weighted by atomic mass is 10.3. The Balaban J connectivity index is 2.59. The molecule has 1 aromatic rings. The summed E-state index contributed by atoms with van der Waals surface area (Å²) in [4.78, 5) is 14.7. The van der Waals surface area contributed by atoms with Gasteiger partial charge in [-0.3, -0.25) is 4.79 Å². The zero-order chi connectivity index (χ0) is 12.0. The van der Waals surface area contributed by atoms with Crippen molar-refractivity contribution >= 4 is 23.3 Å². The molecule has 0 bridgehead atoms. The fourth-order valence-electron chi connectivity index (χ4n) is 1.32. The summed E-state index contributed by atoms with van der Waals surface area (Å²) in [6.45, 7) is 9.06. The van der Waals surface area contributed by atoms with E-state index in [-0.39, 0.29) is 5.91 Å². The van der Waals surface area contributed by atoms with Gasteiger partial charge in [-0.15, -0.1) is 11.3 Å². The van der Waals surface area contributed by atoms with Crippen molar-refractivity contribution in [3.05, 3.63) is 40.6 Å². The summed E-state index contributed by atoms with van der Waals surface area (Å²) in [5.41, 5.74) is 1.000. The van der Waals surface area contributed by atoms with Crippen LogP contribution in [-0.4, -0.2) is 23.9 Å². The Kier molecular flexibility index (Phi) is 4.99. The topological polar surface area (TPSA) is 20.3 Å². The van der Waals surface area contributed by atoms with Crippen LogP contribution in [0.4, 0.5) is 0 Å². The molecule has 0 aromatic carbocycles. The second-order valence-electron chi connectivity index (χ2n) is 3.66. The van der Waals surface area contributed by atoms with Gasteiger partial charge in [-0.2, -0.15) is 0 Å². The molecule has 0 saturated carbocycles. The smallest absolute Gasteiger partial charge is 0.246 e. The van der Waals surface area contributed by atoms with E-state index in [4.69, 9.17) is 0 Å². The van der Waals surface area contributed by atoms with E-state index in [1.165, 1.54) is 0 Å². The van der Waals surface area contributed by atoms with Crippen molar-refractivity contribution in [1.29, 1.82) is 0 Å². The van der Waals surface area contributed by atoms with Gasteiger partial charge in [0.15, 0.2) is 0 Å². The number of thiophene rings is 1. The second kappa shape index (κ2) is 6.28. The van der Waals surface area contributed by atoms with Crippen LogP contribution in [0.25, 0.3) is 6.08 Å². The van der Waals surface area contributed by atoms with Gasteiger partial charge in [-0.1, -0.05) is 18.2 Å². The van der Waals surface area contributed by atoms with Gasteiger partial charge in [0.25, 0.3) is 0 Å². The fourth-order valence-corrected chi connectivity index (χ4v) is 1.93. The molecular formula is C13H17NOS. The minimum Gasteiger partial charge on any atom is -0.335 e.